The van der Waals surface area contributed by atoms with E-state index in [2.05, 4.69) is 4.99 Å². The van der Waals surface area contributed by atoms with E-state index in [0.717, 1.165) is 6.08 Å². The molecule has 0 aliphatic heterocycles. The number of halogens is 5. The van der Waals surface area contributed by atoms with E-state index in [1.54, 1.807) is 0 Å². The summed E-state index contributed by atoms with van der Waals surface area (Å²) < 4.78 is 37.0. The van der Waals surface area contributed by atoms with Crippen molar-refractivity contribution in [2.24, 2.45) is 4.99 Å². The first-order valence-corrected chi connectivity index (χ1v) is 4.71. The number of isocyanates is 1. The molecule has 0 bridgehead atoms. The third kappa shape index (κ3) is 3.06. The average molecular weight is 284 g/mol. The Bertz CT molecular complexity index is 498. The molecule has 0 spiro atoms. The van der Waals surface area contributed by atoms with E-state index in [4.69, 9.17) is 23.2 Å². The van der Waals surface area contributed by atoms with Crippen LogP contribution in [-0.4, -0.2) is 12.0 Å². The lowest BCUT2D eigenvalue weighted by molar-refractivity contribution is -0.137. The number of benzene rings is 1. The quantitative estimate of drug-likeness (QED) is 0.585. The lowest BCUT2D eigenvalue weighted by Gasteiger charge is -2.09. The molecular weight excluding hydrogens is 282 g/mol. The van der Waals surface area contributed by atoms with Gasteiger partial charge in [-0.25, -0.2) is 4.79 Å². The van der Waals surface area contributed by atoms with E-state index in [1.807, 2.05) is 0 Å². The van der Waals surface area contributed by atoms with Gasteiger partial charge in [0.25, 0.3) is 5.91 Å². The number of alkyl halides is 3. The zero-order chi connectivity index (χ0) is 13.2. The molecule has 0 saturated heterocycles. The number of carbonyl (C=O) groups is 1. The van der Waals surface area contributed by atoms with Crippen LogP contribution in [-0.2, 0) is 11.0 Å². The molecule has 0 aromatic heterocycles. The Hall–Kier alpha value is -1.36. The van der Waals surface area contributed by atoms with Gasteiger partial charge in [-0.1, -0.05) is 23.2 Å². The Morgan fingerprint density at radius 1 is 1.24 bits per heavy atom. The fourth-order valence-electron chi connectivity index (χ4n) is 1.04. The maximum absolute atomic E-state index is 12.3. The van der Waals surface area contributed by atoms with Crippen LogP contribution in [0.25, 0.3) is 0 Å². The van der Waals surface area contributed by atoms with Crippen molar-refractivity contribution < 1.29 is 22.8 Å². The normalized spacial score (nSPS) is 10.9. The number of aliphatic imine (C=N–C) groups is 1. The number of hydrogen-bond acceptors (Lipinski definition) is 2. The molecule has 8 heteroatoms. The van der Waals surface area contributed by atoms with Crippen LogP contribution in [0, 0.1) is 0 Å². The SMILES string of the molecule is O=C=NC(=O)c1c(Cl)cc(C(F)(F)F)cc1Cl. The van der Waals surface area contributed by atoms with Crippen LogP contribution in [0.4, 0.5) is 13.2 Å². The first-order valence-electron chi connectivity index (χ1n) is 3.96. The molecule has 17 heavy (non-hydrogen) atoms. The van der Waals surface area contributed by atoms with Crippen LogP contribution >= 0.6 is 23.2 Å². The summed E-state index contributed by atoms with van der Waals surface area (Å²) in [5, 5.41) is -1.07. The Balaban J connectivity index is 3.39. The minimum absolute atomic E-state index is 0.468. The maximum atomic E-state index is 12.3. The van der Waals surface area contributed by atoms with Gasteiger partial charge < -0.3 is 0 Å². The highest BCUT2D eigenvalue weighted by Crippen LogP contribution is 2.35. The Kier molecular flexibility index (Phi) is 3.93. The number of nitrogens with zero attached hydrogens (tertiary/aromatic N) is 1. The topological polar surface area (TPSA) is 46.5 Å². The fourth-order valence-corrected chi connectivity index (χ4v) is 1.69. The highest BCUT2D eigenvalue weighted by Gasteiger charge is 2.32. The summed E-state index contributed by atoms with van der Waals surface area (Å²) >= 11 is 11.0. The van der Waals surface area contributed by atoms with Gasteiger partial charge in [0, 0.05) is 0 Å². The van der Waals surface area contributed by atoms with E-state index >= 15 is 0 Å². The van der Waals surface area contributed by atoms with Crippen LogP contribution in [0.1, 0.15) is 15.9 Å². The van der Waals surface area contributed by atoms with Crippen LogP contribution in [0.15, 0.2) is 17.1 Å². The molecular formula is C9H2Cl2F3NO2. The number of amides is 1. The second-order valence-electron chi connectivity index (χ2n) is 2.82. The van der Waals surface area contributed by atoms with E-state index in [1.165, 1.54) is 0 Å². The van der Waals surface area contributed by atoms with Crippen molar-refractivity contribution in [3.63, 3.8) is 0 Å². The minimum atomic E-state index is -4.64. The van der Waals surface area contributed by atoms with E-state index in [9.17, 15) is 22.8 Å². The third-order valence-electron chi connectivity index (χ3n) is 1.73. The predicted molar refractivity (Wildman–Crippen MR) is 53.9 cm³/mol. The largest absolute Gasteiger partial charge is 0.416 e. The molecule has 1 amide bonds. The second kappa shape index (κ2) is 4.87. The van der Waals surface area contributed by atoms with E-state index < -0.39 is 33.3 Å². The van der Waals surface area contributed by atoms with E-state index in [0.29, 0.717) is 12.1 Å². The lowest BCUT2D eigenvalue weighted by atomic mass is 10.1. The zero-order valence-electron chi connectivity index (χ0n) is 7.81. The van der Waals surface area contributed by atoms with Gasteiger partial charge in [0.15, 0.2) is 0 Å². The molecule has 0 fully saturated rings. The molecule has 1 aromatic carbocycles. The minimum Gasteiger partial charge on any atom is -0.266 e. The van der Waals surface area contributed by atoms with Gasteiger partial charge >= 0.3 is 6.18 Å². The summed E-state index contributed by atoms with van der Waals surface area (Å²) in [6, 6.07) is 1.06. The van der Waals surface area contributed by atoms with Crippen molar-refractivity contribution in [2.75, 3.05) is 0 Å². The number of hydrogen-bond donors (Lipinski definition) is 0. The van der Waals surface area contributed by atoms with Crippen LogP contribution in [0.5, 0.6) is 0 Å². The zero-order valence-corrected chi connectivity index (χ0v) is 9.32. The van der Waals surface area contributed by atoms with Gasteiger partial charge in [-0.05, 0) is 12.1 Å². The molecule has 1 rings (SSSR count). The fraction of sp³-hybridized carbons (Fsp3) is 0.111. The Morgan fingerprint density at radius 3 is 2.06 bits per heavy atom. The molecule has 0 saturated carbocycles. The molecule has 3 nitrogen and oxygen atoms in total. The third-order valence-corrected chi connectivity index (χ3v) is 2.33. The van der Waals surface area contributed by atoms with Crippen molar-refractivity contribution in [3.8, 4) is 0 Å². The molecule has 0 atom stereocenters. The van der Waals surface area contributed by atoms with Crippen LogP contribution < -0.4 is 0 Å². The summed E-state index contributed by atoms with van der Waals surface area (Å²) in [5.41, 5.74) is -1.57. The first-order chi connectivity index (χ1) is 7.77. The average Bonchev–Trinajstić information content (AvgIpc) is 2.15. The summed E-state index contributed by atoms with van der Waals surface area (Å²) in [5.74, 6) is -1.15. The molecule has 0 aliphatic rings. The number of rotatable bonds is 1. The monoisotopic (exact) mass is 283 g/mol. The van der Waals surface area contributed by atoms with Crippen molar-refractivity contribution in [1.29, 1.82) is 0 Å². The molecule has 0 aliphatic carbocycles. The Labute approximate surface area is 103 Å². The summed E-state index contributed by atoms with van der Waals surface area (Å²) in [6.07, 6.45) is -3.68. The molecule has 0 radical (unpaired) electrons. The van der Waals surface area contributed by atoms with Crippen LogP contribution in [0.3, 0.4) is 0 Å². The summed E-state index contributed by atoms with van der Waals surface area (Å²) in [7, 11) is 0. The Morgan fingerprint density at radius 2 is 1.71 bits per heavy atom. The molecule has 0 heterocycles. The van der Waals surface area contributed by atoms with Crippen LogP contribution in [0.2, 0.25) is 10.0 Å². The molecule has 1 aromatic rings. The van der Waals surface area contributed by atoms with Gasteiger partial charge in [0.2, 0.25) is 6.08 Å². The van der Waals surface area contributed by atoms with Gasteiger partial charge in [0.1, 0.15) is 0 Å². The first kappa shape index (κ1) is 13.7. The van der Waals surface area contributed by atoms with Crippen molar-refractivity contribution in [2.45, 2.75) is 6.18 Å². The molecule has 90 valence electrons. The van der Waals surface area contributed by atoms with E-state index in [-0.39, 0.29) is 0 Å². The second-order valence-corrected chi connectivity index (χ2v) is 3.64. The van der Waals surface area contributed by atoms with Gasteiger partial charge in [0.05, 0.1) is 21.2 Å². The standard InChI is InChI=1S/C9H2Cl2F3NO2/c10-5-1-4(9(12,13)14)2-6(11)7(5)8(17)15-3-16/h1-2H. The van der Waals surface area contributed by atoms with Crippen molar-refractivity contribution >= 4 is 35.2 Å². The lowest BCUT2D eigenvalue weighted by Crippen LogP contribution is -2.07. The van der Waals surface area contributed by atoms with Gasteiger partial charge in [-0.3, -0.25) is 4.79 Å². The number of carbonyl (C=O) groups excluding carboxylic acids is 2. The van der Waals surface area contributed by atoms with Gasteiger partial charge in [-0.2, -0.15) is 13.2 Å². The summed E-state index contributed by atoms with van der Waals surface area (Å²) in [6.45, 7) is 0. The molecule has 0 unspecified atom stereocenters. The maximum Gasteiger partial charge on any atom is 0.416 e. The van der Waals surface area contributed by atoms with Crippen molar-refractivity contribution in [1.82, 2.24) is 0 Å². The predicted octanol–water partition coefficient (Wildman–Crippen LogP) is 3.49. The van der Waals surface area contributed by atoms with Crippen molar-refractivity contribution in [3.05, 3.63) is 33.3 Å². The van der Waals surface area contributed by atoms with Gasteiger partial charge in [-0.15, -0.1) is 4.99 Å². The highest BCUT2D eigenvalue weighted by molar-refractivity contribution is 6.40. The smallest absolute Gasteiger partial charge is 0.266 e. The summed E-state index contributed by atoms with van der Waals surface area (Å²) in [4.78, 5) is 23.7. The highest BCUT2D eigenvalue weighted by atomic mass is 35.5. The molecule has 0 N–H and O–H groups in total.